The molecule has 76 valence electrons. The second-order valence-corrected chi connectivity index (χ2v) is 3.96. The quantitative estimate of drug-likeness (QED) is 0.414. The average molecular weight is 262 g/mol. The van der Waals surface area contributed by atoms with E-state index in [1.807, 2.05) is 0 Å². The molecule has 0 bridgehead atoms. The Bertz CT molecular complexity index is 325. The molecular weight excluding hydrogens is 254 g/mol. The van der Waals surface area contributed by atoms with E-state index in [9.17, 15) is 14.4 Å². The van der Waals surface area contributed by atoms with Gasteiger partial charge in [0.05, 0.1) is 6.42 Å². The maximum atomic E-state index is 11.2. The predicted octanol–water partition coefficient (Wildman–Crippen LogP) is 0.543. The summed E-state index contributed by atoms with van der Waals surface area (Å²) in [6.07, 6.45) is 0.00229. The van der Waals surface area contributed by atoms with Crippen molar-refractivity contribution in [2.45, 2.75) is 18.2 Å². The lowest BCUT2D eigenvalue weighted by Gasteiger charge is -2.12. The van der Waals surface area contributed by atoms with E-state index in [-0.39, 0.29) is 12.0 Å². The average Bonchev–Trinajstić information content (AvgIpc) is 2.32. The van der Waals surface area contributed by atoms with Crippen LogP contribution in [0.15, 0.2) is 12.2 Å². The van der Waals surface area contributed by atoms with Crippen molar-refractivity contribution in [1.29, 1.82) is 0 Å². The van der Waals surface area contributed by atoms with Crippen molar-refractivity contribution in [2.75, 3.05) is 0 Å². The van der Waals surface area contributed by atoms with Gasteiger partial charge in [-0.3, -0.25) is 9.59 Å². The molecule has 0 N–H and O–H groups in total. The van der Waals surface area contributed by atoms with Crippen LogP contribution in [-0.2, 0) is 19.2 Å². The number of amides is 2. The Balaban J connectivity index is 2.70. The molecule has 0 spiro atoms. The lowest BCUT2D eigenvalue weighted by molar-refractivity contribution is -0.194. The van der Waals surface area contributed by atoms with E-state index in [2.05, 4.69) is 27.3 Å². The molecule has 1 unspecified atom stereocenters. The molecule has 0 radical (unpaired) electrons. The molecule has 0 aromatic rings. The van der Waals surface area contributed by atoms with E-state index in [4.69, 9.17) is 0 Å². The van der Waals surface area contributed by atoms with Crippen LogP contribution in [0.25, 0.3) is 0 Å². The molecular formula is C8H8BrNO4. The summed E-state index contributed by atoms with van der Waals surface area (Å²) in [5.74, 6) is -1.88. The summed E-state index contributed by atoms with van der Waals surface area (Å²) in [4.78, 5) is 37.3. The fourth-order valence-electron chi connectivity index (χ4n) is 0.830. The number of hydroxylamine groups is 2. The number of nitrogens with zero attached hydrogens (tertiary/aromatic N) is 1. The molecule has 1 saturated heterocycles. The molecule has 0 aromatic heterocycles. The Morgan fingerprint density at radius 1 is 1.64 bits per heavy atom. The Hall–Kier alpha value is -1.17. The summed E-state index contributed by atoms with van der Waals surface area (Å²) in [6.45, 7) is 4.76. The molecule has 0 aromatic carbocycles. The van der Waals surface area contributed by atoms with Crippen molar-refractivity contribution in [1.82, 2.24) is 5.06 Å². The van der Waals surface area contributed by atoms with Gasteiger partial charge in [-0.05, 0) is 6.92 Å². The Morgan fingerprint density at radius 3 is 2.57 bits per heavy atom. The standard InChI is InChI=1S/C8H8BrNO4/c1-4(2)8(13)14-10-6(11)3-5(9)7(10)12/h5H,1,3H2,2H3. The first-order chi connectivity index (χ1) is 6.43. The first-order valence-electron chi connectivity index (χ1n) is 3.82. The number of hydrogen-bond acceptors (Lipinski definition) is 4. The zero-order valence-electron chi connectivity index (χ0n) is 7.45. The fraction of sp³-hybridized carbons (Fsp3) is 0.375. The van der Waals surface area contributed by atoms with Crippen molar-refractivity contribution < 1.29 is 19.2 Å². The minimum atomic E-state index is -0.784. The van der Waals surface area contributed by atoms with Gasteiger partial charge in [-0.2, -0.15) is 0 Å². The zero-order chi connectivity index (χ0) is 10.9. The number of hydrogen-bond donors (Lipinski definition) is 0. The van der Waals surface area contributed by atoms with Crippen LogP contribution in [0.2, 0.25) is 0 Å². The third-order valence-electron chi connectivity index (χ3n) is 1.57. The Labute approximate surface area is 88.8 Å². The highest BCUT2D eigenvalue weighted by Crippen LogP contribution is 2.20. The van der Waals surface area contributed by atoms with E-state index in [1.54, 1.807) is 0 Å². The molecule has 0 saturated carbocycles. The largest absolute Gasteiger partial charge is 0.359 e. The smallest absolute Gasteiger partial charge is 0.325 e. The number of imide groups is 1. The number of rotatable bonds is 2. The summed E-state index contributed by atoms with van der Waals surface area (Å²) < 4.78 is 0. The number of alkyl halides is 1. The molecule has 14 heavy (non-hydrogen) atoms. The van der Waals surface area contributed by atoms with Gasteiger partial charge < -0.3 is 4.84 Å². The van der Waals surface area contributed by atoms with Crippen LogP contribution in [-0.4, -0.2) is 27.7 Å². The molecule has 6 heteroatoms. The van der Waals surface area contributed by atoms with Crippen LogP contribution < -0.4 is 0 Å². The van der Waals surface area contributed by atoms with Gasteiger partial charge in [0.15, 0.2) is 0 Å². The fourth-order valence-corrected chi connectivity index (χ4v) is 1.29. The van der Waals surface area contributed by atoms with Crippen molar-refractivity contribution in [2.24, 2.45) is 0 Å². The van der Waals surface area contributed by atoms with E-state index >= 15 is 0 Å². The molecule has 5 nitrogen and oxygen atoms in total. The van der Waals surface area contributed by atoms with E-state index in [0.29, 0.717) is 5.06 Å². The monoisotopic (exact) mass is 261 g/mol. The molecule has 1 aliphatic heterocycles. The normalized spacial score (nSPS) is 21.3. The van der Waals surface area contributed by atoms with Crippen molar-refractivity contribution in [3.05, 3.63) is 12.2 Å². The van der Waals surface area contributed by atoms with Gasteiger partial charge in [0.2, 0.25) is 0 Å². The van der Waals surface area contributed by atoms with Crippen LogP contribution in [0.4, 0.5) is 0 Å². The van der Waals surface area contributed by atoms with E-state index < -0.39 is 22.6 Å². The first kappa shape index (κ1) is 10.9. The van der Waals surface area contributed by atoms with Gasteiger partial charge in [0.1, 0.15) is 4.83 Å². The second-order valence-electron chi connectivity index (χ2n) is 2.86. The highest BCUT2D eigenvalue weighted by molar-refractivity contribution is 9.10. The minimum Gasteiger partial charge on any atom is -0.325 e. The Kier molecular flexibility index (Phi) is 3.05. The summed E-state index contributed by atoms with van der Waals surface area (Å²) in [5.41, 5.74) is 0.128. The van der Waals surface area contributed by atoms with Crippen LogP contribution in [0.3, 0.4) is 0 Å². The SMILES string of the molecule is C=C(C)C(=O)ON1C(=O)CC(Br)C1=O. The van der Waals surface area contributed by atoms with Crippen LogP contribution in [0.5, 0.6) is 0 Å². The lowest BCUT2D eigenvalue weighted by Crippen LogP contribution is -2.33. The van der Waals surface area contributed by atoms with Crippen molar-refractivity contribution >= 4 is 33.7 Å². The van der Waals surface area contributed by atoms with E-state index in [1.165, 1.54) is 6.92 Å². The molecule has 1 aliphatic rings. The highest BCUT2D eigenvalue weighted by Gasteiger charge is 2.40. The second kappa shape index (κ2) is 3.91. The lowest BCUT2D eigenvalue weighted by atomic mass is 10.4. The third kappa shape index (κ3) is 2.01. The van der Waals surface area contributed by atoms with Gasteiger partial charge in [-0.25, -0.2) is 4.79 Å². The maximum absolute atomic E-state index is 11.2. The minimum absolute atomic E-state index is 0.00229. The highest BCUT2D eigenvalue weighted by atomic mass is 79.9. The van der Waals surface area contributed by atoms with Crippen LogP contribution in [0, 0.1) is 0 Å². The van der Waals surface area contributed by atoms with Crippen LogP contribution in [0.1, 0.15) is 13.3 Å². The summed E-state index contributed by atoms with van der Waals surface area (Å²) >= 11 is 2.99. The topological polar surface area (TPSA) is 63.7 Å². The summed E-state index contributed by atoms with van der Waals surface area (Å²) in [7, 11) is 0. The number of halogens is 1. The molecule has 1 fully saturated rings. The molecule has 2 amide bonds. The van der Waals surface area contributed by atoms with Gasteiger partial charge in [-0.1, -0.05) is 22.5 Å². The molecule has 1 rings (SSSR count). The summed E-state index contributed by atoms with van der Waals surface area (Å²) in [5, 5.41) is 0.469. The third-order valence-corrected chi connectivity index (χ3v) is 2.29. The van der Waals surface area contributed by atoms with Gasteiger partial charge >= 0.3 is 5.97 Å². The maximum Gasteiger partial charge on any atom is 0.359 e. The number of carbonyl (C=O) groups is 3. The van der Waals surface area contributed by atoms with Crippen LogP contribution >= 0.6 is 15.9 Å². The van der Waals surface area contributed by atoms with Gasteiger partial charge in [0, 0.05) is 5.57 Å². The van der Waals surface area contributed by atoms with E-state index in [0.717, 1.165) is 0 Å². The van der Waals surface area contributed by atoms with Crippen molar-refractivity contribution in [3.63, 3.8) is 0 Å². The van der Waals surface area contributed by atoms with Gasteiger partial charge in [0.25, 0.3) is 11.8 Å². The molecule has 0 aliphatic carbocycles. The Morgan fingerprint density at radius 2 is 2.21 bits per heavy atom. The zero-order valence-corrected chi connectivity index (χ0v) is 9.04. The molecule has 1 heterocycles. The first-order valence-corrected chi connectivity index (χ1v) is 4.73. The predicted molar refractivity (Wildman–Crippen MR) is 50.1 cm³/mol. The summed E-state index contributed by atoms with van der Waals surface area (Å²) in [6, 6.07) is 0. The molecule has 1 atom stereocenters. The van der Waals surface area contributed by atoms with Crippen molar-refractivity contribution in [3.8, 4) is 0 Å². The van der Waals surface area contributed by atoms with Gasteiger partial charge in [-0.15, -0.1) is 5.06 Å². The number of carbonyl (C=O) groups excluding carboxylic acids is 3.